The summed E-state index contributed by atoms with van der Waals surface area (Å²) in [5, 5.41) is 13.6. The number of fused-ring (bicyclic) bond motifs is 1. The van der Waals surface area contributed by atoms with E-state index < -0.39 is 0 Å². The molecule has 0 spiro atoms. The molecular weight excluding hydrogens is 336 g/mol. The van der Waals surface area contributed by atoms with Gasteiger partial charge in [0.2, 0.25) is 0 Å². The first-order chi connectivity index (χ1) is 12.7. The molecule has 0 fully saturated rings. The second-order valence-electron chi connectivity index (χ2n) is 5.56. The number of methoxy groups -OCH3 is 1. The van der Waals surface area contributed by atoms with Gasteiger partial charge < -0.3 is 14.2 Å². The first-order valence-electron chi connectivity index (χ1n) is 8.01. The normalized spacial score (nSPS) is 13.1. The molecule has 132 valence electrons. The first kappa shape index (κ1) is 15.9. The van der Waals surface area contributed by atoms with E-state index in [2.05, 4.69) is 20.4 Å². The lowest BCUT2D eigenvalue weighted by Gasteiger charge is -2.18. The van der Waals surface area contributed by atoms with Crippen molar-refractivity contribution in [1.82, 2.24) is 10.2 Å². The van der Waals surface area contributed by atoms with Gasteiger partial charge in [0.05, 0.1) is 18.5 Å². The summed E-state index contributed by atoms with van der Waals surface area (Å²) in [6.45, 7) is 1.01. The number of hydrogen-bond donors (Lipinski definition) is 2. The van der Waals surface area contributed by atoms with Crippen LogP contribution >= 0.6 is 0 Å². The van der Waals surface area contributed by atoms with Crippen molar-refractivity contribution in [3.8, 4) is 28.5 Å². The molecule has 0 saturated carbocycles. The topological polar surface area (TPSA) is 101 Å². The van der Waals surface area contributed by atoms with E-state index >= 15 is 0 Å². The molecule has 0 amide bonds. The highest BCUT2D eigenvalue weighted by Gasteiger charge is 2.16. The number of benzene rings is 2. The lowest BCUT2D eigenvalue weighted by atomic mass is 10.1. The van der Waals surface area contributed by atoms with E-state index in [-0.39, 0.29) is 11.2 Å². The van der Waals surface area contributed by atoms with Crippen molar-refractivity contribution in [2.45, 2.75) is 0 Å². The fourth-order valence-corrected chi connectivity index (χ4v) is 2.61. The predicted molar refractivity (Wildman–Crippen MR) is 95.0 cm³/mol. The maximum atomic E-state index is 12.1. The Balaban J connectivity index is 1.67. The zero-order valence-corrected chi connectivity index (χ0v) is 14.0. The van der Waals surface area contributed by atoms with E-state index in [0.717, 1.165) is 11.3 Å². The molecule has 3 aromatic rings. The van der Waals surface area contributed by atoms with Gasteiger partial charge in [-0.15, -0.1) is 5.11 Å². The van der Waals surface area contributed by atoms with Crippen LogP contribution in [0.4, 0.5) is 11.4 Å². The van der Waals surface area contributed by atoms with E-state index in [1.807, 2.05) is 6.07 Å². The third-order valence-electron chi connectivity index (χ3n) is 3.92. The van der Waals surface area contributed by atoms with Gasteiger partial charge in [0.15, 0.2) is 17.2 Å². The van der Waals surface area contributed by atoms with Crippen molar-refractivity contribution in [1.29, 1.82) is 0 Å². The smallest absolute Gasteiger partial charge is 0.292 e. The molecule has 0 saturated heterocycles. The molecule has 1 aromatic heterocycles. The van der Waals surface area contributed by atoms with E-state index in [9.17, 15) is 4.79 Å². The Morgan fingerprint density at radius 1 is 0.962 bits per heavy atom. The average Bonchev–Trinajstić information content (AvgIpc) is 3.07. The monoisotopic (exact) mass is 352 g/mol. The predicted octanol–water partition coefficient (Wildman–Crippen LogP) is 3.57. The molecule has 1 aliphatic rings. The van der Waals surface area contributed by atoms with Crippen LogP contribution in [0.5, 0.6) is 17.2 Å². The van der Waals surface area contributed by atoms with Gasteiger partial charge in [0.25, 0.3) is 5.56 Å². The van der Waals surface area contributed by atoms with Gasteiger partial charge >= 0.3 is 0 Å². The second-order valence-corrected chi connectivity index (χ2v) is 5.56. The summed E-state index contributed by atoms with van der Waals surface area (Å²) in [4.78, 5) is 12.1. The maximum absolute atomic E-state index is 12.1. The average molecular weight is 352 g/mol. The fraction of sp³-hybridized carbons (Fsp3) is 0.167. The Hall–Kier alpha value is -3.55. The van der Waals surface area contributed by atoms with Gasteiger partial charge in [-0.1, -0.05) is 0 Å². The quantitative estimate of drug-likeness (QED) is 0.701. The highest BCUT2D eigenvalue weighted by Crippen LogP contribution is 2.36. The molecular formula is C18H16N4O4. The Morgan fingerprint density at radius 3 is 2.50 bits per heavy atom. The summed E-state index contributed by atoms with van der Waals surface area (Å²) >= 11 is 0. The highest BCUT2D eigenvalue weighted by molar-refractivity contribution is 5.73. The van der Waals surface area contributed by atoms with Gasteiger partial charge in [-0.3, -0.25) is 15.0 Å². The van der Waals surface area contributed by atoms with Crippen molar-refractivity contribution >= 4 is 11.4 Å². The summed E-state index contributed by atoms with van der Waals surface area (Å²) in [7, 11) is 1.59. The number of nitrogens with zero attached hydrogens (tertiary/aromatic N) is 2. The zero-order valence-electron chi connectivity index (χ0n) is 14.0. The molecule has 8 nitrogen and oxygen atoms in total. The zero-order chi connectivity index (χ0) is 17.9. The van der Waals surface area contributed by atoms with Gasteiger partial charge in [-0.25, -0.2) is 0 Å². The molecule has 2 heterocycles. The number of hydrogen-bond acceptors (Lipinski definition) is 6. The van der Waals surface area contributed by atoms with Gasteiger partial charge in [0, 0.05) is 5.56 Å². The van der Waals surface area contributed by atoms with Crippen LogP contribution in [-0.4, -0.2) is 30.5 Å². The van der Waals surface area contributed by atoms with Gasteiger partial charge in [0.1, 0.15) is 19.0 Å². The number of azo groups is 1. The summed E-state index contributed by atoms with van der Waals surface area (Å²) < 4.78 is 16.2. The Morgan fingerprint density at radius 2 is 1.73 bits per heavy atom. The molecule has 0 unspecified atom stereocenters. The number of nitrogens with one attached hydrogen (secondary N) is 2. The Labute approximate surface area is 148 Å². The first-order valence-corrected chi connectivity index (χ1v) is 8.01. The summed E-state index contributed by atoms with van der Waals surface area (Å²) in [6.07, 6.45) is 0. The second kappa shape index (κ2) is 6.75. The van der Waals surface area contributed by atoms with Crippen LogP contribution in [0.2, 0.25) is 0 Å². The van der Waals surface area contributed by atoms with Crippen LogP contribution in [0, 0.1) is 0 Å². The molecule has 2 aromatic carbocycles. The number of ether oxygens (including phenoxy) is 3. The molecule has 8 heteroatoms. The highest BCUT2D eigenvalue weighted by atomic mass is 16.6. The largest absolute Gasteiger partial charge is 0.497 e. The lowest BCUT2D eigenvalue weighted by Crippen LogP contribution is -2.15. The number of aromatic amines is 2. The molecule has 1 aliphatic heterocycles. The van der Waals surface area contributed by atoms with Crippen molar-refractivity contribution in [2.75, 3.05) is 20.3 Å². The van der Waals surface area contributed by atoms with Crippen LogP contribution in [0.1, 0.15) is 0 Å². The Bertz CT molecular complexity index is 1000. The van der Waals surface area contributed by atoms with Crippen LogP contribution in [0.15, 0.2) is 57.5 Å². The SMILES string of the molecule is COc1ccc(N=Nc2c(-c3ccc4c(c3)OCCO4)[nH][nH]c2=O)cc1. The van der Waals surface area contributed by atoms with Crippen LogP contribution < -0.4 is 19.8 Å². The van der Waals surface area contributed by atoms with E-state index in [1.54, 1.807) is 43.5 Å². The van der Waals surface area contributed by atoms with E-state index in [4.69, 9.17) is 14.2 Å². The van der Waals surface area contributed by atoms with Crippen molar-refractivity contribution in [2.24, 2.45) is 10.2 Å². The van der Waals surface area contributed by atoms with Gasteiger partial charge in [-0.05, 0) is 42.5 Å². The molecule has 2 N–H and O–H groups in total. The molecule has 26 heavy (non-hydrogen) atoms. The number of rotatable bonds is 4. The number of H-pyrrole nitrogens is 2. The lowest BCUT2D eigenvalue weighted by molar-refractivity contribution is 0.171. The maximum Gasteiger partial charge on any atom is 0.292 e. The fourth-order valence-electron chi connectivity index (χ4n) is 2.61. The number of aromatic nitrogens is 2. The van der Waals surface area contributed by atoms with Crippen LogP contribution in [0.3, 0.4) is 0 Å². The third kappa shape index (κ3) is 3.04. The molecule has 0 atom stereocenters. The van der Waals surface area contributed by atoms with Crippen molar-refractivity contribution in [3.05, 3.63) is 52.8 Å². The van der Waals surface area contributed by atoms with Crippen LogP contribution in [0.25, 0.3) is 11.3 Å². The third-order valence-corrected chi connectivity index (χ3v) is 3.92. The van der Waals surface area contributed by atoms with Crippen LogP contribution in [-0.2, 0) is 0 Å². The summed E-state index contributed by atoms with van der Waals surface area (Å²) in [5.41, 5.74) is 1.73. The standard InChI is InChI=1S/C18H16N4O4/c1-24-13-5-3-12(4-6-13)19-21-17-16(20-22-18(17)23)11-2-7-14-15(10-11)26-9-8-25-14/h2-7,10H,8-9H2,1H3,(H2,20,22,23). The molecule has 0 bridgehead atoms. The van der Waals surface area contributed by atoms with Crippen molar-refractivity contribution < 1.29 is 14.2 Å². The van der Waals surface area contributed by atoms with E-state index in [0.29, 0.717) is 36.1 Å². The summed E-state index contributed by atoms with van der Waals surface area (Å²) in [6, 6.07) is 12.5. The minimum atomic E-state index is -0.354. The Kier molecular flexibility index (Phi) is 4.14. The summed E-state index contributed by atoms with van der Waals surface area (Å²) in [5.74, 6) is 2.04. The minimum absolute atomic E-state index is 0.192. The van der Waals surface area contributed by atoms with Crippen molar-refractivity contribution in [3.63, 3.8) is 0 Å². The minimum Gasteiger partial charge on any atom is -0.497 e. The molecule has 0 radical (unpaired) electrons. The molecule has 4 rings (SSSR count). The van der Waals surface area contributed by atoms with E-state index in [1.165, 1.54) is 0 Å². The molecule has 0 aliphatic carbocycles. The van der Waals surface area contributed by atoms with Gasteiger partial charge in [-0.2, -0.15) is 5.11 Å².